The van der Waals surface area contributed by atoms with Crippen molar-refractivity contribution in [2.45, 2.75) is 121 Å². The second-order valence-corrected chi connectivity index (χ2v) is 22.2. The van der Waals surface area contributed by atoms with Crippen molar-refractivity contribution in [3.05, 3.63) is 150 Å². The fourth-order valence-corrected chi connectivity index (χ4v) is 9.77. The molecule has 20 nitrogen and oxygen atoms in total. The number of para-hydroxylation sites is 1. The second-order valence-electron chi connectivity index (χ2n) is 21.5. The molecule has 0 aliphatic rings. The molecule has 2 heterocycles. The number of nitrogens with one attached hydrogen (secondary N) is 8. The normalized spacial score (nSPS) is 14.4. The molecule has 8 atom stereocenters. The predicted octanol–water partition coefficient (Wildman–Crippen LogP) is 3.14. The summed E-state index contributed by atoms with van der Waals surface area (Å²) in [5.74, 6) is -6.93. The first-order valence-corrected chi connectivity index (χ1v) is 28.4. The smallest absolute Gasteiger partial charge is 0.326 e. The summed E-state index contributed by atoms with van der Waals surface area (Å²) < 4.78 is 0. The van der Waals surface area contributed by atoms with Gasteiger partial charge in [-0.2, -0.15) is 25.3 Å². The van der Waals surface area contributed by atoms with Crippen LogP contribution in [0, 0.1) is 12.3 Å². The van der Waals surface area contributed by atoms with E-state index in [9.17, 15) is 43.5 Å². The molecule has 0 saturated heterocycles. The number of rotatable bonds is 29. The number of carbonyl (C=O) groups excluding carboxylic acids is 7. The predicted molar refractivity (Wildman–Crippen MR) is 322 cm³/mol. The quantitative estimate of drug-likeness (QED) is 0.0238. The van der Waals surface area contributed by atoms with E-state index in [0.29, 0.717) is 29.5 Å². The fraction of sp³-hybridized carbons (Fsp3) is 0.383. The number of fused-ring (bicyclic) bond motifs is 2. The van der Waals surface area contributed by atoms with E-state index in [-0.39, 0.29) is 50.2 Å². The van der Waals surface area contributed by atoms with E-state index >= 15 is 0 Å². The Kier molecular flexibility index (Phi) is 23.4. The SMILES string of the molecule is Cc1ccc(C[C@H](N)C(=O)N[C@H](CS)C(=O)N[C@@H](Cc2cccnc2)C(=O)N[C@H](Cc2c[nH]c3ccccc23)C(=O)N[C@@H](CCCCN)C(=O)N[C@H](C(=O)N[C@@H](CS)C(=O)N[C@@H](Cc2ccc3ccccc3c2)C(=O)O)C(C)(C)C)cc1. The highest BCUT2D eigenvalue weighted by atomic mass is 32.1. The molecule has 13 N–H and O–H groups in total. The lowest BCUT2D eigenvalue weighted by atomic mass is 9.85. The number of hydrogen-bond acceptors (Lipinski definition) is 13. The molecule has 0 radical (unpaired) electrons. The van der Waals surface area contributed by atoms with Gasteiger partial charge in [0.05, 0.1) is 6.04 Å². The minimum Gasteiger partial charge on any atom is -0.480 e. The van der Waals surface area contributed by atoms with Crippen molar-refractivity contribution in [2.24, 2.45) is 16.9 Å². The van der Waals surface area contributed by atoms with Crippen LogP contribution in [0.15, 0.2) is 122 Å². The van der Waals surface area contributed by atoms with E-state index in [1.165, 1.54) is 6.20 Å². The van der Waals surface area contributed by atoms with E-state index in [0.717, 1.165) is 32.8 Å². The zero-order chi connectivity index (χ0) is 59.5. The molecule has 2 aromatic heterocycles. The highest BCUT2D eigenvalue weighted by molar-refractivity contribution is 7.80. The molecule has 0 fully saturated rings. The average molecular weight is 1160 g/mol. The molecule has 22 heteroatoms. The standard InChI is InChI=1S/C60H75N11O9S2/c1-35-18-20-36(21-19-35)27-43(62)52(72)69-49(33-81)56(76)66-46(29-38-12-11-25-63-31-38)54(74)67-47(30-41-32-64-44-16-8-7-15-42(41)44)55(75)65-45(17-9-10-24-61)53(73)71-51(60(2,3)4)58(78)70-50(34-82)57(77)68-48(59(79)80)28-37-22-23-39-13-5-6-14-40(39)26-37/h5-8,11-16,18-23,25-26,31-32,43,45-51,64,81-82H,9-10,17,24,27-30,33-34,61-62H2,1-4H3,(H,65,75)(H,66,76)(H,67,74)(H,68,77)(H,69,72)(H,70,78)(H,71,73)(H,79,80)/t43-,45-,46-,47+,48-,49+,50-,51+/m0/s1. The monoisotopic (exact) mass is 1160 g/mol. The van der Waals surface area contributed by atoms with E-state index in [1.807, 2.05) is 91.9 Å². The van der Waals surface area contributed by atoms with Crippen LogP contribution < -0.4 is 48.7 Å². The Balaban J connectivity index is 1.21. The van der Waals surface area contributed by atoms with Crippen molar-refractivity contribution in [2.75, 3.05) is 18.1 Å². The minimum atomic E-state index is -1.38. The Morgan fingerprint density at radius 1 is 0.573 bits per heavy atom. The van der Waals surface area contributed by atoms with Gasteiger partial charge in [0.15, 0.2) is 0 Å². The summed E-state index contributed by atoms with van der Waals surface area (Å²) >= 11 is 8.67. The van der Waals surface area contributed by atoms with Gasteiger partial charge in [0.2, 0.25) is 41.4 Å². The van der Waals surface area contributed by atoms with Crippen molar-refractivity contribution >= 4 is 94.3 Å². The topological polar surface area (TPSA) is 322 Å². The number of aromatic nitrogens is 2. The Labute approximate surface area is 488 Å². The van der Waals surface area contributed by atoms with Gasteiger partial charge in [-0.05, 0) is 89.7 Å². The van der Waals surface area contributed by atoms with Crippen molar-refractivity contribution < 1.29 is 43.5 Å². The number of benzene rings is 4. The molecule has 0 spiro atoms. The summed E-state index contributed by atoms with van der Waals surface area (Å²) in [6.07, 6.45) is 5.65. The third kappa shape index (κ3) is 18.4. The number of aliphatic carboxylic acids is 1. The van der Waals surface area contributed by atoms with Crippen molar-refractivity contribution in [1.29, 1.82) is 0 Å². The van der Waals surface area contributed by atoms with Gasteiger partial charge in [0.25, 0.3) is 0 Å². The number of carboxylic acids is 1. The Morgan fingerprint density at radius 3 is 1.74 bits per heavy atom. The van der Waals surface area contributed by atoms with Gasteiger partial charge in [0.1, 0.15) is 42.3 Å². The number of thiol groups is 2. The molecule has 6 rings (SSSR count). The number of nitrogens with zero attached hydrogens (tertiary/aromatic N) is 1. The number of H-pyrrole nitrogens is 1. The lowest BCUT2D eigenvalue weighted by Crippen LogP contribution is -2.62. The van der Waals surface area contributed by atoms with Crippen LogP contribution in [0.1, 0.15) is 67.9 Å². The Hall–Kier alpha value is -7.79. The van der Waals surface area contributed by atoms with Gasteiger partial charge >= 0.3 is 5.97 Å². The van der Waals surface area contributed by atoms with Gasteiger partial charge < -0.3 is 58.8 Å². The maximum absolute atomic E-state index is 14.9. The number of aryl methyl sites for hydroxylation is 1. The van der Waals surface area contributed by atoms with Gasteiger partial charge in [-0.3, -0.25) is 38.5 Å². The number of hydrogen-bond donors (Lipinski definition) is 13. The zero-order valence-corrected chi connectivity index (χ0v) is 48.2. The average Bonchev–Trinajstić information content (AvgIpc) is 3.99. The Morgan fingerprint density at radius 2 is 1.12 bits per heavy atom. The van der Waals surface area contributed by atoms with Crippen LogP contribution in [0.5, 0.6) is 0 Å². The molecular weight excluding hydrogens is 1080 g/mol. The summed E-state index contributed by atoms with van der Waals surface area (Å²) in [5.41, 5.74) is 15.6. The van der Waals surface area contributed by atoms with Crippen LogP contribution in [0.3, 0.4) is 0 Å². The van der Waals surface area contributed by atoms with Crippen LogP contribution in [-0.2, 0) is 64.0 Å². The number of nitrogens with two attached hydrogens (primary N) is 2. The molecule has 4 aromatic carbocycles. The maximum Gasteiger partial charge on any atom is 0.326 e. The summed E-state index contributed by atoms with van der Waals surface area (Å²) in [6.45, 7) is 7.30. The molecular formula is C60H75N11O9S2. The fourth-order valence-electron chi connectivity index (χ4n) is 9.26. The van der Waals surface area contributed by atoms with E-state index in [1.54, 1.807) is 51.4 Å². The first-order valence-electron chi connectivity index (χ1n) is 27.2. The number of aromatic amines is 1. The first-order chi connectivity index (χ1) is 39.2. The summed E-state index contributed by atoms with van der Waals surface area (Å²) in [5, 5.41) is 31.8. The Bertz CT molecular complexity index is 3170. The van der Waals surface area contributed by atoms with Gasteiger partial charge in [-0.1, -0.05) is 117 Å². The number of carboxylic acid groups (broad SMARTS) is 1. The van der Waals surface area contributed by atoms with Gasteiger partial charge in [-0.15, -0.1) is 0 Å². The minimum absolute atomic E-state index is 0.0460. The summed E-state index contributed by atoms with van der Waals surface area (Å²) in [7, 11) is 0. The van der Waals surface area contributed by atoms with Crippen LogP contribution in [0.2, 0.25) is 0 Å². The number of unbranched alkanes of at least 4 members (excludes halogenated alkanes) is 1. The molecule has 6 aromatic rings. The van der Waals surface area contributed by atoms with E-state index in [2.05, 4.69) is 72.4 Å². The highest BCUT2D eigenvalue weighted by Gasteiger charge is 2.38. The molecule has 0 unspecified atom stereocenters. The van der Waals surface area contributed by atoms with Crippen molar-refractivity contribution in [1.82, 2.24) is 47.2 Å². The molecule has 82 heavy (non-hydrogen) atoms. The molecule has 0 aliphatic heterocycles. The molecule has 0 saturated carbocycles. The van der Waals surface area contributed by atoms with Crippen LogP contribution in [0.4, 0.5) is 0 Å². The number of pyridine rings is 1. The molecule has 7 amide bonds. The van der Waals surface area contributed by atoms with Crippen LogP contribution >= 0.6 is 25.3 Å². The molecule has 0 bridgehead atoms. The number of amides is 7. The first kappa shape index (κ1) is 63.4. The van der Waals surface area contributed by atoms with Crippen molar-refractivity contribution in [3.63, 3.8) is 0 Å². The van der Waals surface area contributed by atoms with Crippen molar-refractivity contribution in [3.8, 4) is 0 Å². The second kappa shape index (κ2) is 30.3. The van der Waals surface area contributed by atoms with Crippen LogP contribution in [-0.4, -0.2) is 129 Å². The third-order valence-corrected chi connectivity index (χ3v) is 14.7. The zero-order valence-electron chi connectivity index (χ0n) is 46.4. The summed E-state index contributed by atoms with van der Waals surface area (Å²) in [6, 6.07) is 21.1. The maximum atomic E-state index is 14.9. The third-order valence-electron chi connectivity index (χ3n) is 13.9. The lowest BCUT2D eigenvalue weighted by Gasteiger charge is -2.33. The number of carbonyl (C=O) groups is 8. The van der Waals surface area contributed by atoms with E-state index < -0.39 is 101 Å². The molecule has 436 valence electrons. The molecule has 0 aliphatic carbocycles. The van der Waals surface area contributed by atoms with Crippen LogP contribution in [0.25, 0.3) is 21.7 Å². The van der Waals surface area contributed by atoms with Gasteiger partial charge in [-0.25, -0.2) is 4.79 Å². The lowest BCUT2D eigenvalue weighted by molar-refractivity contribution is -0.142. The largest absolute Gasteiger partial charge is 0.480 e. The highest BCUT2D eigenvalue weighted by Crippen LogP contribution is 2.23. The van der Waals surface area contributed by atoms with Gasteiger partial charge in [0, 0.05) is 60.3 Å². The summed E-state index contributed by atoms with van der Waals surface area (Å²) in [4.78, 5) is 119. The van der Waals surface area contributed by atoms with E-state index in [4.69, 9.17) is 11.5 Å².